The summed E-state index contributed by atoms with van der Waals surface area (Å²) >= 11 is 1.40. The minimum atomic E-state index is -0.122. The van der Waals surface area contributed by atoms with Crippen molar-refractivity contribution in [1.29, 1.82) is 0 Å². The fourth-order valence-electron chi connectivity index (χ4n) is 3.13. The molecule has 1 aromatic heterocycles. The van der Waals surface area contributed by atoms with Crippen LogP contribution < -0.4 is 10.6 Å². The maximum Gasteiger partial charge on any atom is 0.261 e. The fourth-order valence-corrected chi connectivity index (χ4v) is 3.77. The van der Waals surface area contributed by atoms with Crippen molar-refractivity contribution in [2.24, 2.45) is 0 Å². The summed E-state index contributed by atoms with van der Waals surface area (Å²) in [6.07, 6.45) is 2.83. The highest BCUT2D eigenvalue weighted by atomic mass is 32.1. The van der Waals surface area contributed by atoms with Crippen LogP contribution in [0.4, 0.5) is 0 Å². The molecule has 0 unspecified atom stereocenters. The minimum Gasteiger partial charge on any atom is -0.352 e. The molecule has 1 aliphatic rings. The zero-order chi connectivity index (χ0) is 18.2. The summed E-state index contributed by atoms with van der Waals surface area (Å²) in [4.78, 5) is 27.0. The average molecular weight is 372 g/mol. The third-order valence-electron chi connectivity index (χ3n) is 4.57. The van der Waals surface area contributed by atoms with E-state index in [1.807, 2.05) is 17.5 Å². The van der Waals surface area contributed by atoms with Crippen molar-refractivity contribution in [1.82, 2.24) is 15.5 Å². The van der Waals surface area contributed by atoms with Crippen LogP contribution in [0.1, 0.15) is 40.1 Å². The van der Waals surface area contributed by atoms with Crippen LogP contribution in [-0.2, 0) is 17.9 Å². The van der Waals surface area contributed by atoms with Gasteiger partial charge in [-0.15, -0.1) is 11.3 Å². The van der Waals surface area contributed by atoms with Crippen LogP contribution in [-0.4, -0.2) is 36.3 Å². The first-order chi connectivity index (χ1) is 12.7. The molecular formula is C20H25N3O2S. The Bertz CT molecular complexity index is 724. The van der Waals surface area contributed by atoms with Gasteiger partial charge in [0.15, 0.2) is 0 Å². The van der Waals surface area contributed by atoms with Crippen molar-refractivity contribution >= 4 is 23.2 Å². The molecule has 1 aliphatic heterocycles. The first-order valence-electron chi connectivity index (χ1n) is 9.10. The van der Waals surface area contributed by atoms with Gasteiger partial charge in [-0.1, -0.05) is 30.3 Å². The Kier molecular flexibility index (Phi) is 6.80. The molecule has 26 heavy (non-hydrogen) atoms. The molecule has 5 nitrogen and oxygen atoms in total. The predicted octanol–water partition coefficient (Wildman–Crippen LogP) is 2.78. The molecule has 2 aromatic rings. The van der Waals surface area contributed by atoms with E-state index in [0.717, 1.165) is 25.2 Å². The summed E-state index contributed by atoms with van der Waals surface area (Å²) in [5, 5.41) is 7.61. The van der Waals surface area contributed by atoms with Crippen LogP contribution >= 0.6 is 11.3 Å². The molecule has 1 fully saturated rings. The van der Waals surface area contributed by atoms with Crippen molar-refractivity contribution < 1.29 is 9.59 Å². The van der Waals surface area contributed by atoms with Gasteiger partial charge in [0.05, 0.1) is 4.88 Å². The fraction of sp³-hybridized carbons (Fsp3) is 0.400. The lowest BCUT2D eigenvalue weighted by atomic mass is 10.1. The second-order valence-electron chi connectivity index (χ2n) is 6.51. The Balaban J connectivity index is 1.42. The third kappa shape index (κ3) is 5.41. The van der Waals surface area contributed by atoms with E-state index in [4.69, 9.17) is 0 Å². The van der Waals surface area contributed by atoms with Crippen molar-refractivity contribution in [3.05, 3.63) is 57.8 Å². The zero-order valence-corrected chi connectivity index (χ0v) is 15.7. The summed E-state index contributed by atoms with van der Waals surface area (Å²) < 4.78 is 0. The molecule has 0 spiro atoms. The number of amides is 2. The number of thiophene rings is 1. The third-order valence-corrected chi connectivity index (χ3v) is 5.44. The van der Waals surface area contributed by atoms with Crippen LogP contribution in [0.5, 0.6) is 0 Å². The van der Waals surface area contributed by atoms with Gasteiger partial charge in [-0.25, -0.2) is 0 Å². The molecule has 3 rings (SSSR count). The number of nitrogens with one attached hydrogen (secondary N) is 2. The summed E-state index contributed by atoms with van der Waals surface area (Å²) in [5.74, 6) is -0.170. The molecule has 1 saturated heterocycles. The quantitative estimate of drug-likeness (QED) is 0.750. The summed E-state index contributed by atoms with van der Waals surface area (Å²) in [6.45, 7) is 4.14. The van der Waals surface area contributed by atoms with E-state index >= 15 is 0 Å². The van der Waals surface area contributed by atoms with Gasteiger partial charge in [-0.2, -0.15) is 0 Å². The van der Waals surface area contributed by atoms with Gasteiger partial charge in [-0.05, 0) is 48.5 Å². The largest absolute Gasteiger partial charge is 0.352 e. The number of benzene rings is 1. The van der Waals surface area contributed by atoms with Gasteiger partial charge in [0.2, 0.25) is 5.91 Å². The molecular weight excluding hydrogens is 346 g/mol. The SMILES string of the molecule is O=C(CCNC(=O)c1cccs1)NCc1ccccc1CN1CCCC1. The lowest BCUT2D eigenvalue weighted by Gasteiger charge is -2.17. The summed E-state index contributed by atoms with van der Waals surface area (Å²) in [7, 11) is 0. The number of likely N-dealkylation sites (tertiary alicyclic amines) is 1. The van der Waals surface area contributed by atoms with Gasteiger partial charge in [0.1, 0.15) is 0 Å². The molecule has 2 amide bonds. The van der Waals surface area contributed by atoms with Gasteiger partial charge < -0.3 is 10.6 Å². The van der Waals surface area contributed by atoms with Gasteiger partial charge >= 0.3 is 0 Å². The summed E-state index contributed by atoms with van der Waals surface area (Å²) in [5.41, 5.74) is 2.44. The van der Waals surface area contributed by atoms with Gasteiger partial charge in [0.25, 0.3) is 5.91 Å². The molecule has 2 N–H and O–H groups in total. The number of hydrogen-bond donors (Lipinski definition) is 2. The van der Waals surface area contributed by atoms with Crippen LogP contribution in [0.25, 0.3) is 0 Å². The Morgan fingerprint density at radius 1 is 1.00 bits per heavy atom. The first kappa shape index (κ1) is 18.6. The van der Waals surface area contributed by atoms with E-state index in [0.29, 0.717) is 18.0 Å². The van der Waals surface area contributed by atoms with Crippen molar-refractivity contribution in [2.75, 3.05) is 19.6 Å². The number of carbonyl (C=O) groups excluding carboxylic acids is 2. The van der Waals surface area contributed by atoms with Crippen molar-refractivity contribution in [2.45, 2.75) is 32.4 Å². The van der Waals surface area contributed by atoms with Crippen LogP contribution in [0.15, 0.2) is 41.8 Å². The lowest BCUT2D eigenvalue weighted by Crippen LogP contribution is -2.30. The van der Waals surface area contributed by atoms with Crippen molar-refractivity contribution in [3.8, 4) is 0 Å². The van der Waals surface area contributed by atoms with E-state index in [2.05, 4.69) is 33.7 Å². The van der Waals surface area contributed by atoms with E-state index < -0.39 is 0 Å². The van der Waals surface area contributed by atoms with E-state index in [-0.39, 0.29) is 18.2 Å². The van der Waals surface area contributed by atoms with Gasteiger partial charge in [-0.3, -0.25) is 14.5 Å². The van der Waals surface area contributed by atoms with E-state index in [1.165, 1.54) is 29.7 Å². The highest BCUT2D eigenvalue weighted by molar-refractivity contribution is 7.12. The average Bonchev–Trinajstić information content (AvgIpc) is 3.35. The Labute approximate surface area is 158 Å². The van der Waals surface area contributed by atoms with Crippen LogP contribution in [0.2, 0.25) is 0 Å². The number of carbonyl (C=O) groups is 2. The predicted molar refractivity (Wildman–Crippen MR) is 104 cm³/mol. The highest BCUT2D eigenvalue weighted by Crippen LogP contribution is 2.16. The molecule has 0 radical (unpaired) electrons. The molecule has 0 saturated carbocycles. The summed E-state index contributed by atoms with van der Waals surface area (Å²) in [6, 6.07) is 11.9. The molecule has 1 aromatic carbocycles. The maximum absolute atomic E-state index is 12.1. The topological polar surface area (TPSA) is 61.4 Å². The number of rotatable bonds is 8. The zero-order valence-electron chi connectivity index (χ0n) is 14.9. The number of nitrogens with zero attached hydrogens (tertiary/aromatic N) is 1. The lowest BCUT2D eigenvalue weighted by molar-refractivity contribution is -0.121. The molecule has 138 valence electrons. The Morgan fingerprint density at radius 2 is 1.77 bits per heavy atom. The van der Waals surface area contributed by atoms with Crippen LogP contribution in [0, 0.1) is 0 Å². The second-order valence-corrected chi connectivity index (χ2v) is 7.46. The Hall–Kier alpha value is -2.18. The monoisotopic (exact) mass is 371 g/mol. The highest BCUT2D eigenvalue weighted by Gasteiger charge is 2.14. The second kappa shape index (κ2) is 9.50. The molecule has 0 aliphatic carbocycles. The Morgan fingerprint density at radius 3 is 2.50 bits per heavy atom. The maximum atomic E-state index is 12.1. The molecule has 0 atom stereocenters. The first-order valence-corrected chi connectivity index (χ1v) is 9.98. The molecule has 0 bridgehead atoms. The molecule has 2 heterocycles. The molecule has 6 heteroatoms. The normalized spacial score (nSPS) is 14.3. The van der Waals surface area contributed by atoms with E-state index in [9.17, 15) is 9.59 Å². The van der Waals surface area contributed by atoms with Crippen LogP contribution in [0.3, 0.4) is 0 Å². The minimum absolute atomic E-state index is 0.0487. The van der Waals surface area contributed by atoms with E-state index in [1.54, 1.807) is 6.07 Å². The van der Waals surface area contributed by atoms with Crippen molar-refractivity contribution in [3.63, 3.8) is 0 Å². The number of hydrogen-bond acceptors (Lipinski definition) is 4. The van der Waals surface area contributed by atoms with Gasteiger partial charge in [0, 0.05) is 26.1 Å². The smallest absolute Gasteiger partial charge is 0.261 e. The standard InChI is InChI=1S/C20H25N3O2S/c24-19(9-10-21-20(25)18-8-5-13-26-18)22-14-16-6-1-2-7-17(16)15-23-11-3-4-12-23/h1-2,5-8,13H,3-4,9-12,14-15H2,(H,21,25)(H,22,24).